The standard InChI is InChI=1S/C14H18FNO4/c1-8(17)10-4-3-5-11(13(10)15)14(20)12(19)6-7-16-9(2)18/h3-5,12,14,19-20H,6-7H2,1-2H3,(H,16,18). The highest BCUT2D eigenvalue weighted by Crippen LogP contribution is 2.24. The molecular weight excluding hydrogens is 265 g/mol. The van der Waals surface area contributed by atoms with E-state index in [1.54, 1.807) is 0 Å². The summed E-state index contributed by atoms with van der Waals surface area (Å²) in [6.45, 7) is 2.72. The monoisotopic (exact) mass is 283 g/mol. The smallest absolute Gasteiger partial charge is 0.216 e. The molecule has 6 heteroatoms. The van der Waals surface area contributed by atoms with Gasteiger partial charge in [0, 0.05) is 19.0 Å². The molecule has 0 radical (unpaired) electrons. The third kappa shape index (κ3) is 4.11. The molecule has 20 heavy (non-hydrogen) atoms. The highest BCUT2D eigenvalue weighted by molar-refractivity contribution is 5.94. The third-order valence-electron chi connectivity index (χ3n) is 2.91. The van der Waals surface area contributed by atoms with Gasteiger partial charge in [0.05, 0.1) is 11.7 Å². The van der Waals surface area contributed by atoms with Gasteiger partial charge in [-0.1, -0.05) is 12.1 Å². The number of hydrogen-bond acceptors (Lipinski definition) is 4. The maximum Gasteiger partial charge on any atom is 0.216 e. The van der Waals surface area contributed by atoms with Crippen LogP contribution in [0.5, 0.6) is 0 Å². The fraction of sp³-hybridized carbons (Fsp3) is 0.429. The summed E-state index contributed by atoms with van der Waals surface area (Å²) >= 11 is 0. The van der Waals surface area contributed by atoms with Crippen LogP contribution in [-0.2, 0) is 4.79 Å². The molecule has 1 amide bonds. The number of benzene rings is 1. The van der Waals surface area contributed by atoms with Crippen molar-refractivity contribution in [1.29, 1.82) is 0 Å². The Labute approximate surface area is 116 Å². The van der Waals surface area contributed by atoms with E-state index in [4.69, 9.17) is 0 Å². The van der Waals surface area contributed by atoms with Gasteiger partial charge >= 0.3 is 0 Å². The van der Waals surface area contributed by atoms with Crippen LogP contribution in [0, 0.1) is 5.82 Å². The number of carbonyl (C=O) groups is 2. The first kappa shape index (κ1) is 16.3. The summed E-state index contributed by atoms with van der Waals surface area (Å²) < 4.78 is 14.0. The average molecular weight is 283 g/mol. The number of amides is 1. The van der Waals surface area contributed by atoms with Gasteiger partial charge < -0.3 is 15.5 Å². The molecule has 3 N–H and O–H groups in total. The first-order valence-corrected chi connectivity index (χ1v) is 6.24. The van der Waals surface area contributed by atoms with Gasteiger partial charge in [0.2, 0.25) is 5.91 Å². The maximum absolute atomic E-state index is 14.0. The Morgan fingerprint density at radius 3 is 2.50 bits per heavy atom. The molecule has 0 saturated carbocycles. The van der Waals surface area contributed by atoms with Crippen LogP contribution < -0.4 is 5.32 Å². The number of aliphatic hydroxyl groups is 2. The highest BCUT2D eigenvalue weighted by Gasteiger charge is 2.23. The fourth-order valence-electron chi connectivity index (χ4n) is 1.81. The van der Waals surface area contributed by atoms with Crippen molar-refractivity contribution in [3.8, 4) is 0 Å². The average Bonchev–Trinajstić information content (AvgIpc) is 2.37. The lowest BCUT2D eigenvalue weighted by Crippen LogP contribution is -2.28. The molecule has 2 unspecified atom stereocenters. The SMILES string of the molecule is CC(=O)NCCC(O)C(O)c1cccc(C(C)=O)c1F. The molecule has 0 fully saturated rings. The Morgan fingerprint density at radius 1 is 1.30 bits per heavy atom. The Kier molecular flexibility index (Phi) is 5.79. The molecule has 0 bridgehead atoms. The van der Waals surface area contributed by atoms with Crippen molar-refractivity contribution in [1.82, 2.24) is 5.32 Å². The van der Waals surface area contributed by atoms with Crippen molar-refractivity contribution in [2.45, 2.75) is 32.5 Å². The number of hydrogen-bond donors (Lipinski definition) is 3. The molecule has 0 aliphatic rings. The van der Waals surface area contributed by atoms with Crippen LogP contribution in [-0.4, -0.2) is 34.6 Å². The second-order valence-corrected chi connectivity index (χ2v) is 4.55. The van der Waals surface area contributed by atoms with E-state index in [1.807, 2.05) is 0 Å². The number of carbonyl (C=O) groups excluding carboxylic acids is 2. The lowest BCUT2D eigenvalue weighted by molar-refractivity contribution is -0.119. The number of rotatable bonds is 6. The van der Waals surface area contributed by atoms with Gasteiger partial charge in [-0.05, 0) is 19.4 Å². The van der Waals surface area contributed by atoms with Gasteiger partial charge in [0.25, 0.3) is 0 Å². The minimum absolute atomic E-state index is 0.0739. The quantitative estimate of drug-likeness (QED) is 0.678. The van der Waals surface area contributed by atoms with Crippen molar-refractivity contribution in [3.05, 3.63) is 35.1 Å². The van der Waals surface area contributed by atoms with E-state index in [1.165, 1.54) is 32.0 Å². The van der Waals surface area contributed by atoms with Crippen molar-refractivity contribution >= 4 is 11.7 Å². The van der Waals surface area contributed by atoms with Gasteiger partial charge in [-0.25, -0.2) is 4.39 Å². The molecule has 110 valence electrons. The normalized spacial score (nSPS) is 13.7. The Bertz CT molecular complexity index is 504. The number of nitrogens with one attached hydrogen (secondary N) is 1. The Balaban J connectivity index is 2.81. The molecule has 0 spiro atoms. The highest BCUT2D eigenvalue weighted by atomic mass is 19.1. The van der Waals surface area contributed by atoms with Crippen molar-refractivity contribution < 1.29 is 24.2 Å². The number of aliphatic hydroxyl groups excluding tert-OH is 2. The van der Waals surface area contributed by atoms with Gasteiger partial charge in [0.15, 0.2) is 5.78 Å². The summed E-state index contributed by atoms with van der Waals surface area (Å²) in [4.78, 5) is 21.9. The zero-order valence-electron chi connectivity index (χ0n) is 11.4. The lowest BCUT2D eigenvalue weighted by atomic mass is 9.98. The molecule has 2 atom stereocenters. The molecule has 0 aliphatic heterocycles. The Hall–Kier alpha value is -1.79. The largest absolute Gasteiger partial charge is 0.390 e. The number of halogens is 1. The Morgan fingerprint density at radius 2 is 1.95 bits per heavy atom. The summed E-state index contributed by atoms with van der Waals surface area (Å²) in [5.74, 6) is -1.54. The van der Waals surface area contributed by atoms with Crippen LogP contribution in [0.4, 0.5) is 4.39 Å². The first-order valence-electron chi connectivity index (χ1n) is 6.24. The molecular formula is C14H18FNO4. The number of ketones is 1. The fourth-order valence-corrected chi connectivity index (χ4v) is 1.81. The van der Waals surface area contributed by atoms with E-state index in [2.05, 4.69) is 5.32 Å². The van der Waals surface area contributed by atoms with Gasteiger partial charge in [-0.3, -0.25) is 9.59 Å². The van der Waals surface area contributed by atoms with E-state index < -0.39 is 23.8 Å². The third-order valence-corrected chi connectivity index (χ3v) is 2.91. The molecule has 1 aromatic rings. The molecule has 0 heterocycles. The molecule has 5 nitrogen and oxygen atoms in total. The van der Waals surface area contributed by atoms with Crippen LogP contribution in [0.3, 0.4) is 0 Å². The molecule has 1 aromatic carbocycles. The van der Waals surface area contributed by atoms with Crippen LogP contribution in [0.2, 0.25) is 0 Å². The van der Waals surface area contributed by atoms with E-state index in [0.29, 0.717) is 0 Å². The van der Waals surface area contributed by atoms with Crippen LogP contribution in [0.1, 0.15) is 42.3 Å². The minimum atomic E-state index is -1.46. The predicted octanol–water partition coefficient (Wildman–Crippen LogP) is 0.949. The van der Waals surface area contributed by atoms with Crippen molar-refractivity contribution in [2.75, 3.05) is 6.54 Å². The van der Waals surface area contributed by atoms with Crippen LogP contribution in [0.15, 0.2) is 18.2 Å². The molecule has 0 aromatic heterocycles. The zero-order valence-corrected chi connectivity index (χ0v) is 11.4. The summed E-state index contributed by atoms with van der Waals surface area (Å²) in [6, 6.07) is 4.07. The summed E-state index contributed by atoms with van der Waals surface area (Å²) in [6.07, 6.45) is -2.62. The minimum Gasteiger partial charge on any atom is -0.390 e. The van der Waals surface area contributed by atoms with Crippen LogP contribution >= 0.6 is 0 Å². The van der Waals surface area contributed by atoms with Crippen molar-refractivity contribution in [2.24, 2.45) is 0 Å². The second-order valence-electron chi connectivity index (χ2n) is 4.55. The molecule has 0 aliphatic carbocycles. The first-order chi connectivity index (χ1) is 9.34. The van der Waals surface area contributed by atoms with Crippen LogP contribution in [0.25, 0.3) is 0 Å². The van der Waals surface area contributed by atoms with E-state index in [9.17, 15) is 24.2 Å². The summed E-state index contributed by atoms with van der Waals surface area (Å²) in [5.41, 5.74) is -0.261. The summed E-state index contributed by atoms with van der Waals surface area (Å²) in [5, 5.41) is 22.2. The van der Waals surface area contributed by atoms with Crippen molar-refractivity contribution in [3.63, 3.8) is 0 Å². The van der Waals surface area contributed by atoms with E-state index in [0.717, 1.165) is 0 Å². The van der Waals surface area contributed by atoms with E-state index in [-0.39, 0.29) is 30.0 Å². The zero-order chi connectivity index (χ0) is 15.3. The van der Waals surface area contributed by atoms with E-state index >= 15 is 0 Å². The lowest BCUT2D eigenvalue weighted by Gasteiger charge is -2.19. The number of Topliss-reactive ketones (excluding diaryl/α,β-unsaturated/α-hetero) is 1. The maximum atomic E-state index is 14.0. The topological polar surface area (TPSA) is 86.6 Å². The van der Waals surface area contributed by atoms with Gasteiger partial charge in [0.1, 0.15) is 11.9 Å². The molecule has 1 rings (SSSR count). The van der Waals surface area contributed by atoms with Gasteiger partial charge in [-0.15, -0.1) is 0 Å². The molecule has 0 saturated heterocycles. The van der Waals surface area contributed by atoms with Gasteiger partial charge in [-0.2, -0.15) is 0 Å². The second kappa shape index (κ2) is 7.12. The predicted molar refractivity (Wildman–Crippen MR) is 70.7 cm³/mol. The summed E-state index contributed by atoms with van der Waals surface area (Å²) in [7, 11) is 0.